The molecule has 80 valence electrons. The molecule has 1 unspecified atom stereocenters. The van der Waals surface area contributed by atoms with Crippen molar-refractivity contribution in [2.24, 2.45) is 10.9 Å². The van der Waals surface area contributed by atoms with Gasteiger partial charge in [0.2, 0.25) is 0 Å². The first-order chi connectivity index (χ1) is 7.22. The highest BCUT2D eigenvalue weighted by molar-refractivity contribution is 5.75. The van der Waals surface area contributed by atoms with Gasteiger partial charge in [-0.1, -0.05) is 32.9 Å². The van der Waals surface area contributed by atoms with E-state index in [0.29, 0.717) is 5.92 Å². The molecule has 0 N–H and O–H groups in total. The molecule has 1 atom stereocenters. The quantitative estimate of drug-likeness (QED) is 0.698. The van der Waals surface area contributed by atoms with E-state index in [1.165, 1.54) is 17.5 Å². The van der Waals surface area contributed by atoms with Crippen molar-refractivity contribution in [2.45, 2.75) is 39.5 Å². The molecule has 1 heterocycles. The van der Waals surface area contributed by atoms with Gasteiger partial charge < -0.3 is 0 Å². The number of aliphatic imine (C=N–C) groups is 1. The van der Waals surface area contributed by atoms with Gasteiger partial charge in [0.15, 0.2) is 0 Å². The summed E-state index contributed by atoms with van der Waals surface area (Å²) < 4.78 is 0. The molecule has 1 aromatic carbocycles. The van der Waals surface area contributed by atoms with Crippen LogP contribution in [0.25, 0.3) is 0 Å². The maximum Gasteiger partial charge on any atom is 0.0661 e. The van der Waals surface area contributed by atoms with E-state index in [1.807, 2.05) is 6.21 Å². The smallest absolute Gasteiger partial charge is 0.0661 e. The van der Waals surface area contributed by atoms with Crippen molar-refractivity contribution in [2.75, 3.05) is 0 Å². The van der Waals surface area contributed by atoms with Gasteiger partial charge in [-0.05, 0) is 35.4 Å². The fourth-order valence-corrected chi connectivity index (χ4v) is 2.46. The fourth-order valence-electron chi connectivity index (χ4n) is 2.46. The molecule has 0 spiro atoms. The van der Waals surface area contributed by atoms with Crippen LogP contribution in [0.4, 0.5) is 5.69 Å². The van der Waals surface area contributed by atoms with Gasteiger partial charge in [0.25, 0.3) is 0 Å². The van der Waals surface area contributed by atoms with Crippen LogP contribution in [-0.4, -0.2) is 6.21 Å². The van der Waals surface area contributed by atoms with E-state index in [2.05, 4.69) is 44.0 Å². The highest BCUT2D eigenvalue weighted by Gasteiger charge is 2.15. The maximum atomic E-state index is 4.35. The molecule has 1 aliphatic heterocycles. The van der Waals surface area contributed by atoms with Gasteiger partial charge in [0.1, 0.15) is 0 Å². The third kappa shape index (κ3) is 1.97. The normalized spacial score (nSPS) is 15.7. The van der Waals surface area contributed by atoms with E-state index in [4.69, 9.17) is 0 Å². The molecule has 15 heavy (non-hydrogen) atoms. The minimum absolute atomic E-state index is 0.691. The van der Waals surface area contributed by atoms with Crippen LogP contribution in [0, 0.1) is 5.92 Å². The fraction of sp³-hybridized carbons (Fsp3) is 0.500. The molecule has 2 rings (SSSR count). The van der Waals surface area contributed by atoms with E-state index >= 15 is 0 Å². The van der Waals surface area contributed by atoms with Crippen LogP contribution >= 0.6 is 0 Å². The van der Waals surface area contributed by atoms with Crippen LogP contribution < -0.4 is 0 Å². The summed E-state index contributed by atoms with van der Waals surface area (Å²) in [4.78, 5) is 4.35. The van der Waals surface area contributed by atoms with E-state index in [0.717, 1.165) is 18.0 Å². The molecule has 0 fully saturated rings. The minimum Gasteiger partial charge on any atom is -0.261 e. The molecule has 0 amide bonds. The van der Waals surface area contributed by atoms with Crippen molar-refractivity contribution < 1.29 is 0 Å². The SMILES string of the molecule is CCC(c1ccc2c(c1)CC=N2)C(C)C. The molecule has 0 saturated heterocycles. The van der Waals surface area contributed by atoms with Crippen LogP contribution in [0.1, 0.15) is 44.2 Å². The summed E-state index contributed by atoms with van der Waals surface area (Å²) in [6.45, 7) is 6.88. The van der Waals surface area contributed by atoms with Gasteiger partial charge in [-0.15, -0.1) is 0 Å². The Morgan fingerprint density at radius 2 is 2.13 bits per heavy atom. The van der Waals surface area contributed by atoms with Gasteiger partial charge in [-0.25, -0.2) is 0 Å². The first kappa shape index (κ1) is 10.4. The highest BCUT2D eigenvalue weighted by atomic mass is 14.7. The minimum atomic E-state index is 0.691. The number of hydrogen-bond donors (Lipinski definition) is 0. The Labute approximate surface area is 92.2 Å². The first-order valence-corrected chi connectivity index (χ1v) is 5.87. The zero-order valence-electron chi connectivity index (χ0n) is 9.83. The summed E-state index contributed by atoms with van der Waals surface area (Å²) in [5.74, 6) is 1.41. The van der Waals surface area contributed by atoms with Crippen LogP contribution in [0.5, 0.6) is 0 Å². The lowest BCUT2D eigenvalue weighted by Crippen LogP contribution is -2.05. The lowest BCUT2D eigenvalue weighted by molar-refractivity contribution is 0.485. The van der Waals surface area contributed by atoms with Gasteiger partial charge >= 0.3 is 0 Å². The Morgan fingerprint density at radius 1 is 1.33 bits per heavy atom. The van der Waals surface area contributed by atoms with Gasteiger partial charge in [0, 0.05) is 12.6 Å². The molecule has 1 aromatic rings. The maximum absolute atomic E-state index is 4.35. The second-order valence-corrected chi connectivity index (χ2v) is 4.66. The average Bonchev–Trinajstić information content (AvgIpc) is 2.65. The number of nitrogens with zero attached hydrogens (tertiary/aromatic N) is 1. The summed E-state index contributed by atoms with van der Waals surface area (Å²) in [6, 6.07) is 6.76. The van der Waals surface area contributed by atoms with Crippen molar-refractivity contribution in [1.29, 1.82) is 0 Å². The molecule has 1 nitrogen and oxygen atoms in total. The van der Waals surface area contributed by atoms with Gasteiger partial charge in [-0.2, -0.15) is 0 Å². The molecule has 0 saturated carbocycles. The molecular weight excluding hydrogens is 182 g/mol. The predicted octanol–water partition coefficient (Wildman–Crippen LogP) is 4.09. The monoisotopic (exact) mass is 201 g/mol. The lowest BCUT2D eigenvalue weighted by Gasteiger charge is -2.20. The van der Waals surface area contributed by atoms with E-state index in [1.54, 1.807) is 0 Å². The van der Waals surface area contributed by atoms with Crippen molar-refractivity contribution in [3.05, 3.63) is 29.3 Å². The van der Waals surface area contributed by atoms with Crippen LogP contribution in [0.2, 0.25) is 0 Å². The molecule has 1 aliphatic rings. The number of fused-ring (bicyclic) bond motifs is 1. The van der Waals surface area contributed by atoms with Gasteiger partial charge in [-0.3, -0.25) is 4.99 Å². The standard InChI is InChI=1S/C14H19N/c1-4-13(10(2)3)11-5-6-14-12(9-11)7-8-15-14/h5-6,8-10,13H,4,7H2,1-3H3. The zero-order chi connectivity index (χ0) is 10.8. The Balaban J connectivity index is 2.30. The number of hydrogen-bond acceptors (Lipinski definition) is 1. The molecule has 0 aliphatic carbocycles. The third-order valence-electron chi connectivity index (χ3n) is 3.32. The Bertz CT molecular complexity index is 377. The summed E-state index contributed by atoms with van der Waals surface area (Å²) in [6.07, 6.45) is 4.24. The zero-order valence-corrected chi connectivity index (χ0v) is 9.83. The van der Waals surface area contributed by atoms with E-state index in [9.17, 15) is 0 Å². The van der Waals surface area contributed by atoms with Crippen molar-refractivity contribution in [3.8, 4) is 0 Å². The lowest BCUT2D eigenvalue weighted by atomic mass is 9.85. The number of rotatable bonds is 3. The summed E-state index contributed by atoms with van der Waals surface area (Å²) in [5, 5.41) is 0. The van der Waals surface area contributed by atoms with Crippen molar-refractivity contribution in [3.63, 3.8) is 0 Å². The summed E-state index contributed by atoms with van der Waals surface area (Å²) >= 11 is 0. The highest BCUT2D eigenvalue weighted by Crippen LogP contribution is 2.32. The third-order valence-corrected chi connectivity index (χ3v) is 3.32. The summed E-state index contributed by atoms with van der Waals surface area (Å²) in [7, 11) is 0. The summed E-state index contributed by atoms with van der Waals surface area (Å²) in [5.41, 5.74) is 4.04. The second kappa shape index (κ2) is 4.18. The molecule has 0 bridgehead atoms. The molecule has 1 heteroatoms. The van der Waals surface area contributed by atoms with Crippen molar-refractivity contribution in [1.82, 2.24) is 0 Å². The first-order valence-electron chi connectivity index (χ1n) is 5.87. The Kier molecular flexibility index (Phi) is 2.90. The van der Waals surface area contributed by atoms with Crippen LogP contribution in [0.15, 0.2) is 23.2 Å². The van der Waals surface area contributed by atoms with Crippen LogP contribution in [0.3, 0.4) is 0 Å². The molecule has 0 aromatic heterocycles. The molecule has 0 radical (unpaired) electrons. The van der Waals surface area contributed by atoms with E-state index < -0.39 is 0 Å². The average molecular weight is 201 g/mol. The largest absolute Gasteiger partial charge is 0.261 e. The topological polar surface area (TPSA) is 12.4 Å². The number of benzene rings is 1. The predicted molar refractivity (Wildman–Crippen MR) is 66.2 cm³/mol. The second-order valence-electron chi connectivity index (χ2n) is 4.66. The Hall–Kier alpha value is -1.11. The molecular formula is C14H19N. The van der Waals surface area contributed by atoms with Crippen molar-refractivity contribution >= 4 is 11.9 Å². The van der Waals surface area contributed by atoms with E-state index in [-0.39, 0.29) is 0 Å². The van der Waals surface area contributed by atoms with Crippen LogP contribution in [-0.2, 0) is 6.42 Å². The van der Waals surface area contributed by atoms with Gasteiger partial charge in [0.05, 0.1) is 5.69 Å². The Morgan fingerprint density at radius 3 is 2.80 bits per heavy atom.